The number of hydrogen-bond donors (Lipinski definition) is 0. The second-order valence-corrected chi connectivity index (χ2v) is 8.17. The van der Waals surface area contributed by atoms with Crippen LogP contribution in [0.4, 0.5) is 4.39 Å². The molecule has 0 bridgehead atoms. The molecule has 1 atom stereocenters. The number of nitrogens with zero attached hydrogens (tertiary/aromatic N) is 4. The van der Waals surface area contributed by atoms with E-state index in [1.165, 1.54) is 12.1 Å². The van der Waals surface area contributed by atoms with Crippen molar-refractivity contribution in [2.75, 3.05) is 13.2 Å². The zero-order valence-electron chi connectivity index (χ0n) is 17.6. The Hall–Kier alpha value is -2.80. The van der Waals surface area contributed by atoms with Crippen LogP contribution in [0, 0.1) is 12.7 Å². The molecule has 1 fully saturated rings. The van der Waals surface area contributed by atoms with E-state index in [1.54, 1.807) is 17.2 Å². The fourth-order valence-corrected chi connectivity index (χ4v) is 3.94. The molecule has 4 rings (SSSR count). The van der Waals surface area contributed by atoms with Gasteiger partial charge < -0.3 is 9.64 Å². The highest BCUT2D eigenvalue weighted by Gasteiger charge is 2.26. The van der Waals surface area contributed by atoms with E-state index in [4.69, 9.17) is 4.74 Å². The van der Waals surface area contributed by atoms with Crippen molar-refractivity contribution in [3.05, 3.63) is 59.2 Å². The van der Waals surface area contributed by atoms with Gasteiger partial charge >= 0.3 is 0 Å². The largest absolute Gasteiger partial charge is 0.376 e. The second kappa shape index (κ2) is 8.52. The van der Waals surface area contributed by atoms with Crippen LogP contribution in [0.25, 0.3) is 11.0 Å². The molecule has 0 N–H and O–H groups in total. The van der Waals surface area contributed by atoms with Crippen molar-refractivity contribution in [3.8, 4) is 0 Å². The van der Waals surface area contributed by atoms with Crippen molar-refractivity contribution in [3.63, 3.8) is 0 Å². The van der Waals surface area contributed by atoms with Crippen LogP contribution in [-0.2, 0) is 11.3 Å². The molecule has 0 spiro atoms. The maximum absolute atomic E-state index is 13.7. The molecular formula is C23H27FN4O2. The third kappa shape index (κ3) is 4.21. The first-order valence-electron chi connectivity index (χ1n) is 10.4. The van der Waals surface area contributed by atoms with Crippen LogP contribution in [0.15, 0.2) is 36.5 Å². The number of aromatic nitrogens is 3. The van der Waals surface area contributed by atoms with E-state index in [2.05, 4.69) is 10.1 Å². The van der Waals surface area contributed by atoms with E-state index in [-0.39, 0.29) is 23.9 Å². The summed E-state index contributed by atoms with van der Waals surface area (Å²) >= 11 is 0. The average Bonchev–Trinajstić information content (AvgIpc) is 3.35. The van der Waals surface area contributed by atoms with E-state index in [1.807, 2.05) is 37.6 Å². The number of carbonyl (C=O) groups excluding carboxylic acids is 1. The number of ether oxygens (including phenoxy) is 1. The van der Waals surface area contributed by atoms with E-state index < -0.39 is 0 Å². The van der Waals surface area contributed by atoms with Gasteiger partial charge in [0.25, 0.3) is 5.91 Å². The minimum atomic E-state index is -0.308. The summed E-state index contributed by atoms with van der Waals surface area (Å²) in [6, 6.07) is 8.42. The number of hydrogen-bond acceptors (Lipinski definition) is 4. The Morgan fingerprint density at radius 3 is 2.90 bits per heavy atom. The van der Waals surface area contributed by atoms with Gasteiger partial charge in [0.2, 0.25) is 0 Å². The highest BCUT2D eigenvalue weighted by atomic mass is 19.1. The van der Waals surface area contributed by atoms with Crippen molar-refractivity contribution < 1.29 is 13.9 Å². The molecule has 0 aliphatic carbocycles. The Balaban J connectivity index is 1.67. The molecule has 158 valence electrons. The predicted octanol–water partition coefficient (Wildman–Crippen LogP) is 4.28. The molecule has 1 aliphatic rings. The van der Waals surface area contributed by atoms with Crippen LogP contribution in [-0.4, -0.2) is 44.8 Å². The molecule has 1 amide bonds. The molecule has 3 heterocycles. The van der Waals surface area contributed by atoms with Gasteiger partial charge in [0.1, 0.15) is 5.82 Å². The quantitative estimate of drug-likeness (QED) is 0.609. The summed E-state index contributed by atoms with van der Waals surface area (Å²) in [6.45, 7) is 7.44. The van der Waals surface area contributed by atoms with Crippen molar-refractivity contribution in [1.29, 1.82) is 0 Å². The first-order chi connectivity index (χ1) is 14.4. The summed E-state index contributed by atoms with van der Waals surface area (Å²) in [5.74, 6) is -0.434. The van der Waals surface area contributed by atoms with Gasteiger partial charge in [0, 0.05) is 31.1 Å². The molecule has 1 aliphatic heterocycles. The zero-order valence-corrected chi connectivity index (χ0v) is 17.6. The number of pyridine rings is 1. The second-order valence-electron chi connectivity index (χ2n) is 8.17. The molecule has 1 saturated heterocycles. The number of carbonyl (C=O) groups is 1. The van der Waals surface area contributed by atoms with E-state index >= 15 is 0 Å². The molecule has 6 nitrogen and oxygen atoms in total. The first kappa shape index (κ1) is 20.5. The van der Waals surface area contributed by atoms with Gasteiger partial charge in [0.15, 0.2) is 5.65 Å². The lowest BCUT2D eigenvalue weighted by Gasteiger charge is -2.26. The normalized spacial score (nSPS) is 16.5. The number of halogens is 1. The Labute approximate surface area is 175 Å². The van der Waals surface area contributed by atoms with Gasteiger partial charge in [-0.1, -0.05) is 12.1 Å². The minimum absolute atomic E-state index is 0.00296. The van der Waals surface area contributed by atoms with Crippen LogP contribution in [0.5, 0.6) is 0 Å². The Morgan fingerprint density at radius 2 is 2.20 bits per heavy atom. The molecule has 1 aromatic carbocycles. The van der Waals surface area contributed by atoms with Gasteiger partial charge in [-0.05, 0) is 57.4 Å². The number of rotatable bonds is 6. The molecule has 7 heteroatoms. The first-order valence-corrected chi connectivity index (χ1v) is 10.4. The maximum atomic E-state index is 13.7. The smallest absolute Gasteiger partial charge is 0.256 e. The number of fused-ring (bicyclic) bond motifs is 1. The number of aryl methyl sites for hydroxylation is 1. The summed E-state index contributed by atoms with van der Waals surface area (Å²) in [4.78, 5) is 20.0. The fraction of sp³-hybridized carbons (Fsp3) is 0.435. The van der Waals surface area contributed by atoms with Crippen molar-refractivity contribution in [2.45, 2.75) is 52.3 Å². The topological polar surface area (TPSA) is 60.2 Å². The number of amides is 1. The predicted molar refractivity (Wildman–Crippen MR) is 113 cm³/mol. The fourth-order valence-electron chi connectivity index (χ4n) is 3.94. The maximum Gasteiger partial charge on any atom is 0.256 e. The average molecular weight is 410 g/mol. The van der Waals surface area contributed by atoms with Crippen LogP contribution in [0.3, 0.4) is 0 Å². The third-order valence-corrected chi connectivity index (χ3v) is 5.48. The summed E-state index contributed by atoms with van der Waals surface area (Å²) in [5, 5.41) is 5.24. The monoisotopic (exact) mass is 410 g/mol. The van der Waals surface area contributed by atoms with Crippen molar-refractivity contribution in [2.24, 2.45) is 0 Å². The number of benzene rings is 1. The molecule has 3 aromatic rings. The lowest BCUT2D eigenvalue weighted by Crippen LogP contribution is -2.37. The highest BCUT2D eigenvalue weighted by molar-refractivity contribution is 5.98. The molecule has 1 unspecified atom stereocenters. The van der Waals surface area contributed by atoms with Crippen LogP contribution >= 0.6 is 0 Å². The van der Waals surface area contributed by atoms with E-state index in [9.17, 15) is 9.18 Å². The molecule has 0 radical (unpaired) electrons. The van der Waals surface area contributed by atoms with E-state index in [0.29, 0.717) is 31.0 Å². The van der Waals surface area contributed by atoms with Gasteiger partial charge in [-0.2, -0.15) is 5.10 Å². The third-order valence-electron chi connectivity index (χ3n) is 5.48. The SMILES string of the molecule is Cc1nc2c(cnn2C(C)C)cc1C(=O)N(Cc1cccc(F)c1)CC1CCCO1. The van der Waals surface area contributed by atoms with E-state index in [0.717, 1.165) is 29.4 Å². The summed E-state index contributed by atoms with van der Waals surface area (Å²) in [5.41, 5.74) is 2.72. The zero-order chi connectivity index (χ0) is 21.3. The lowest BCUT2D eigenvalue weighted by molar-refractivity contribution is 0.0506. The van der Waals surface area contributed by atoms with Gasteiger partial charge in [-0.15, -0.1) is 0 Å². The molecule has 2 aromatic heterocycles. The Bertz CT molecular complexity index is 1060. The van der Waals surface area contributed by atoms with Crippen LogP contribution in [0.1, 0.15) is 54.3 Å². The molecule has 30 heavy (non-hydrogen) atoms. The van der Waals surface area contributed by atoms with Gasteiger partial charge in [-0.3, -0.25) is 4.79 Å². The van der Waals surface area contributed by atoms with Crippen molar-refractivity contribution in [1.82, 2.24) is 19.7 Å². The summed E-state index contributed by atoms with van der Waals surface area (Å²) in [6.07, 6.45) is 3.66. The molecule has 0 saturated carbocycles. The lowest BCUT2D eigenvalue weighted by atomic mass is 10.1. The van der Waals surface area contributed by atoms with Crippen molar-refractivity contribution >= 4 is 16.9 Å². The van der Waals surface area contributed by atoms with Crippen LogP contribution in [0.2, 0.25) is 0 Å². The van der Waals surface area contributed by atoms with Crippen LogP contribution < -0.4 is 0 Å². The van der Waals surface area contributed by atoms with Gasteiger partial charge in [0.05, 0.1) is 23.6 Å². The summed E-state index contributed by atoms with van der Waals surface area (Å²) < 4.78 is 21.3. The standard InChI is InChI=1S/C23H27FN4O2/c1-15(2)28-22-18(12-25-28)11-21(16(3)26-22)23(29)27(14-20-8-5-9-30-20)13-17-6-4-7-19(24)10-17/h4,6-7,10-12,15,20H,5,8-9,13-14H2,1-3H3. The minimum Gasteiger partial charge on any atom is -0.376 e. The highest BCUT2D eigenvalue weighted by Crippen LogP contribution is 2.23. The Morgan fingerprint density at radius 1 is 1.37 bits per heavy atom. The summed E-state index contributed by atoms with van der Waals surface area (Å²) in [7, 11) is 0. The Kier molecular flexibility index (Phi) is 5.81. The molecular weight excluding hydrogens is 383 g/mol. The van der Waals surface area contributed by atoms with Gasteiger partial charge in [-0.25, -0.2) is 14.1 Å².